The molecule has 1 aromatic rings. The van der Waals surface area contributed by atoms with Gasteiger partial charge in [-0.15, -0.1) is 0 Å². The number of anilines is 1. The smallest absolute Gasteiger partial charge is 0.229 e. The summed E-state index contributed by atoms with van der Waals surface area (Å²) < 4.78 is 0. The second-order valence-corrected chi connectivity index (χ2v) is 6.38. The van der Waals surface area contributed by atoms with Crippen molar-refractivity contribution in [2.45, 2.75) is 46.6 Å². The molecule has 0 saturated carbocycles. The Labute approximate surface area is 116 Å². The largest absolute Gasteiger partial charge is 0.399 e. The van der Waals surface area contributed by atoms with Gasteiger partial charge in [0, 0.05) is 18.8 Å². The molecule has 3 heteroatoms. The highest BCUT2D eigenvalue weighted by Crippen LogP contribution is 2.26. The molecule has 2 atom stereocenters. The molecule has 2 N–H and O–H groups in total. The van der Waals surface area contributed by atoms with Crippen molar-refractivity contribution in [3.63, 3.8) is 0 Å². The van der Waals surface area contributed by atoms with Crippen LogP contribution in [0.4, 0.5) is 5.69 Å². The predicted octanol–water partition coefficient (Wildman–Crippen LogP) is 3.27. The lowest BCUT2D eigenvalue weighted by Crippen LogP contribution is -2.44. The molecule has 0 saturated heterocycles. The highest BCUT2D eigenvalue weighted by Gasteiger charge is 2.29. The summed E-state index contributed by atoms with van der Waals surface area (Å²) in [6, 6.07) is 7.74. The van der Waals surface area contributed by atoms with Crippen LogP contribution in [0, 0.1) is 5.41 Å². The molecule has 3 nitrogen and oxygen atoms in total. The molecule has 106 valence electrons. The Morgan fingerprint density at radius 1 is 1.26 bits per heavy atom. The number of hydrogen-bond donors (Lipinski definition) is 1. The lowest BCUT2D eigenvalue weighted by Gasteiger charge is -2.36. The fraction of sp³-hybridized carbons (Fsp3) is 0.562. The Bertz CT molecular complexity index is 448. The lowest BCUT2D eigenvalue weighted by atomic mass is 9.86. The summed E-state index contributed by atoms with van der Waals surface area (Å²) in [4.78, 5) is 14.4. The number of rotatable bonds is 3. The molecule has 2 unspecified atom stereocenters. The van der Waals surface area contributed by atoms with Gasteiger partial charge >= 0.3 is 0 Å². The zero-order chi connectivity index (χ0) is 14.8. The molecule has 0 radical (unpaired) electrons. The number of nitrogens with zero attached hydrogens (tertiary/aromatic N) is 1. The van der Waals surface area contributed by atoms with Gasteiger partial charge in [0.15, 0.2) is 0 Å². The second kappa shape index (κ2) is 5.64. The first-order chi connectivity index (χ1) is 8.64. The van der Waals surface area contributed by atoms with Crippen LogP contribution in [-0.4, -0.2) is 23.9 Å². The van der Waals surface area contributed by atoms with Crippen LogP contribution < -0.4 is 5.73 Å². The molecule has 0 heterocycles. The van der Waals surface area contributed by atoms with E-state index in [0.29, 0.717) is 5.69 Å². The first-order valence-electron chi connectivity index (χ1n) is 6.76. The monoisotopic (exact) mass is 262 g/mol. The summed E-state index contributed by atoms with van der Waals surface area (Å²) in [6.07, 6.45) is 0. The van der Waals surface area contributed by atoms with E-state index in [1.165, 1.54) is 0 Å². The number of carbonyl (C=O) groups excluding carboxylic acids is 1. The second-order valence-electron chi connectivity index (χ2n) is 6.38. The third kappa shape index (κ3) is 3.72. The van der Waals surface area contributed by atoms with Crippen LogP contribution in [0.1, 0.15) is 46.1 Å². The molecule has 0 aliphatic heterocycles. The van der Waals surface area contributed by atoms with Crippen LogP contribution in [0.2, 0.25) is 0 Å². The van der Waals surface area contributed by atoms with Crippen molar-refractivity contribution in [3.05, 3.63) is 29.8 Å². The zero-order valence-electron chi connectivity index (χ0n) is 12.9. The average Bonchev–Trinajstić information content (AvgIpc) is 2.34. The minimum absolute atomic E-state index is 0.0693. The van der Waals surface area contributed by atoms with E-state index < -0.39 is 0 Å². The maximum Gasteiger partial charge on any atom is 0.229 e. The van der Waals surface area contributed by atoms with Crippen molar-refractivity contribution in [3.8, 4) is 0 Å². The molecule has 1 aromatic carbocycles. The quantitative estimate of drug-likeness (QED) is 0.850. The number of nitrogens with two attached hydrogens (primary N) is 1. The van der Waals surface area contributed by atoms with Gasteiger partial charge < -0.3 is 10.6 Å². The standard InChI is InChI=1S/C16H26N2O/c1-11(13-8-7-9-14(17)10-13)15(19)18(6)12(2)16(3,4)5/h7-12H,17H2,1-6H3. The van der Waals surface area contributed by atoms with Gasteiger partial charge in [0.05, 0.1) is 5.92 Å². The summed E-state index contributed by atoms with van der Waals surface area (Å²) >= 11 is 0. The Hall–Kier alpha value is -1.51. The van der Waals surface area contributed by atoms with Gasteiger partial charge in [-0.3, -0.25) is 4.79 Å². The van der Waals surface area contributed by atoms with E-state index in [2.05, 4.69) is 27.7 Å². The third-order valence-electron chi connectivity index (χ3n) is 3.96. The summed E-state index contributed by atoms with van der Waals surface area (Å²) in [5, 5.41) is 0. The number of carbonyl (C=O) groups is 1. The van der Waals surface area contributed by atoms with E-state index in [-0.39, 0.29) is 23.3 Å². The maximum atomic E-state index is 12.5. The molecule has 0 aliphatic rings. The molecule has 19 heavy (non-hydrogen) atoms. The molecule has 0 aliphatic carbocycles. The van der Waals surface area contributed by atoms with E-state index in [0.717, 1.165) is 5.56 Å². The summed E-state index contributed by atoms with van der Waals surface area (Å²) in [5.41, 5.74) is 7.51. The van der Waals surface area contributed by atoms with Crippen LogP contribution >= 0.6 is 0 Å². The van der Waals surface area contributed by atoms with E-state index >= 15 is 0 Å². The molecular weight excluding hydrogens is 236 g/mol. The number of amides is 1. The van der Waals surface area contributed by atoms with Crippen molar-refractivity contribution < 1.29 is 4.79 Å². The van der Waals surface area contributed by atoms with Crippen molar-refractivity contribution in [1.29, 1.82) is 0 Å². The van der Waals surface area contributed by atoms with Gasteiger partial charge in [0.25, 0.3) is 0 Å². The van der Waals surface area contributed by atoms with Gasteiger partial charge in [-0.2, -0.15) is 0 Å². The minimum Gasteiger partial charge on any atom is -0.399 e. The number of benzene rings is 1. The summed E-state index contributed by atoms with van der Waals surface area (Å²) in [5.74, 6) is -0.0358. The zero-order valence-corrected chi connectivity index (χ0v) is 12.9. The molecule has 1 amide bonds. The Morgan fingerprint density at radius 2 is 1.84 bits per heavy atom. The number of nitrogen functional groups attached to an aromatic ring is 1. The summed E-state index contributed by atoms with van der Waals surface area (Å²) in [7, 11) is 1.88. The Balaban J connectivity index is 2.88. The SMILES string of the molecule is CC(C(=O)N(C)C(C)C(C)(C)C)c1cccc(N)c1. The third-order valence-corrected chi connectivity index (χ3v) is 3.96. The van der Waals surface area contributed by atoms with Crippen molar-refractivity contribution in [2.24, 2.45) is 5.41 Å². The Kier molecular flexibility index (Phi) is 4.61. The molecule has 1 rings (SSSR count). The van der Waals surface area contributed by atoms with Crippen LogP contribution in [-0.2, 0) is 4.79 Å². The number of likely N-dealkylation sites (N-methyl/N-ethyl adjacent to an activating group) is 1. The van der Waals surface area contributed by atoms with Crippen LogP contribution in [0.5, 0.6) is 0 Å². The highest BCUT2D eigenvalue weighted by atomic mass is 16.2. The molecular formula is C16H26N2O. The van der Waals surface area contributed by atoms with E-state index in [4.69, 9.17) is 5.73 Å². The predicted molar refractivity (Wildman–Crippen MR) is 81.0 cm³/mol. The van der Waals surface area contributed by atoms with E-state index in [9.17, 15) is 4.79 Å². The van der Waals surface area contributed by atoms with Gasteiger partial charge in [0.2, 0.25) is 5.91 Å². The molecule has 0 spiro atoms. The van der Waals surface area contributed by atoms with Crippen molar-refractivity contribution in [1.82, 2.24) is 4.90 Å². The van der Waals surface area contributed by atoms with E-state index in [1.54, 1.807) is 0 Å². The fourth-order valence-corrected chi connectivity index (χ4v) is 2.05. The van der Waals surface area contributed by atoms with Crippen LogP contribution in [0.3, 0.4) is 0 Å². The molecule has 0 fully saturated rings. The van der Waals surface area contributed by atoms with Crippen molar-refractivity contribution >= 4 is 11.6 Å². The first-order valence-corrected chi connectivity index (χ1v) is 6.76. The van der Waals surface area contributed by atoms with Crippen molar-refractivity contribution in [2.75, 3.05) is 12.8 Å². The number of hydrogen-bond acceptors (Lipinski definition) is 2. The maximum absolute atomic E-state index is 12.5. The average molecular weight is 262 g/mol. The van der Waals surface area contributed by atoms with Gasteiger partial charge in [0.1, 0.15) is 0 Å². The lowest BCUT2D eigenvalue weighted by molar-refractivity contribution is -0.134. The molecule has 0 bridgehead atoms. The molecule has 0 aromatic heterocycles. The van der Waals surface area contributed by atoms with E-state index in [1.807, 2.05) is 43.1 Å². The Morgan fingerprint density at radius 3 is 2.32 bits per heavy atom. The van der Waals surface area contributed by atoms with Gasteiger partial charge in [-0.1, -0.05) is 32.9 Å². The summed E-state index contributed by atoms with van der Waals surface area (Å²) in [6.45, 7) is 10.5. The van der Waals surface area contributed by atoms with Gasteiger partial charge in [-0.05, 0) is 37.0 Å². The van der Waals surface area contributed by atoms with Crippen LogP contribution in [0.15, 0.2) is 24.3 Å². The van der Waals surface area contributed by atoms with Crippen LogP contribution in [0.25, 0.3) is 0 Å². The normalized spacial score (nSPS) is 14.8. The fourth-order valence-electron chi connectivity index (χ4n) is 2.05. The first kappa shape index (κ1) is 15.5. The minimum atomic E-state index is -0.168. The van der Waals surface area contributed by atoms with Gasteiger partial charge in [-0.25, -0.2) is 0 Å². The highest BCUT2D eigenvalue weighted by molar-refractivity contribution is 5.83. The topological polar surface area (TPSA) is 46.3 Å².